The van der Waals surface area contributed by atoms with E-state index in [-0.39, 0.29) is 12.5 Å². The van der Waals surface area contributed by atoms with Crippen LogP contribution in [0.3, 0.4) is 0 Å². The van der Waals surface area contributed by atoms with Gasteiger partial charge in [-0.15, -0.1) is 0 Å². The third-order valence-corrected chi connectivity index (χ3v) is 2.22. The molecule has 3 unspecified atom stereocenters. The Labute approximate surface area is 86.3 Å². The fraction of sp³-hybridized carbons (Fsp3) is 0.857. The molecule has 9 N–H and O–H groups in total. The molecule has 88 valence electrons. The van der Waals surface area contributed by atoms with Crippen molar-refractivity contribution in [3.8, 4) is 0 Å². The fourth-order valence-corrected chi connectivity index (χ4v) is 1.44. The number of hydrogen-bond donors (Lipinski definition) is 6. The van der Waals surface area contributed by atoms with Crippen LogP contribution in [0.1, 0.15) is 0 Å². The lowest BCUT2D eigenvalue weighted by Crippen LogP contribution is -2.59. The van der Waals surface area contributed by atoms with Gasteiger partial charge in [0, 0.05) is 6.54 Å². The second-order valence-corrected chi connectivity index (χ2v) is 3.33. The summed E-state index contributed by atoms with van der Waals surface area (Å²) in [7, 11) is 0. The first-order chi connectivity index (χ1) is 6.97. The van der Waals surface area contributed by atoms with E-state index in [4.69, 9.17) is 21.9 Å². The maximum atomic E-state index is 9.59. The predicted molar refractivity (Wildman–Crippen MR) is 51.5 cm³/mol. The van der Waals surface area contributed by atoms with E-state index in [1.54, 1.807) is 0 Å². The van der Waals surface area contributed by atoms with Gasteiger partial charge in [-0.1, -0.05) is 0 Å². The summed E-state index contributed by atoms with van der Waals surface area (Å²) in [5, 5.41) is 28.6. The number of guanidine groups is 1. The van der Waals surface area contributed by atoms with Gasteiger partial charge < -0.3 is 37.3 Å². The molecule has 0 amide bonds. The van der Waals surface area contributed by atoms with Crippen molar-refractivity contribution in [1.82, 2.24) is 0 Å². The van der Waals surface area contributed by atoms with Crippen molar-refractivity contribution >= 4 is 5.96 Å². The Bertz CT molecular complexity index is 245. The van der Waals surface area contributed by atoms with Crippen LogP contribution in [0.2, 0.25) is 0 Å². The minimum Gasteiger partial charge on any atom is -0.388 e. The van der Waals surface area contributed by atoms with E-state index in [1.165, 1.54) is 0 Å². The molecule has 0 aromatic heterocycles. The second kappa shape index (κ2) is 4.73. The van der Waals surface area contributed by atoms with Crippen molar-refractivity contribution in [1.29, 1.82) is 0 Å². The van der Waals surface area contributed by atoms with Crippen molar-refractivity contribution in [2.24, 2.45) is 22.2 Å². The number of ether oxygens (including phenoxy) is 1. The molecular weight excluding hydrogens is 204 g/mol. The third-order valence-electron chi connectivity index (χ3n) is 2.22. The average molecular weight is 220 g/mol. The van der Waals surface area contributed by atoms with Gasteiger partial charge in [-0.2, -0.15) is 0 Å². The molecule has 8 nitrogen and oxygen atoms in total. The maximum Gasteiger partial charge on any atom is 0.186 e. The van der Waals surface area contributed by atoms with Crippen molar-refractivity contribution in [2.45, 2.75) is 30.6 Å². The lowest BCUT2D eigenvalue weighted by atomic mass is 9.97. The normalized spacial score (nSPS) is 41.2. The molecule has 15 heavy (non-hydrogen) atoms. The molecule has 1 fully saturated rings. The maximum absolute atomic E-state index is 9.59. The SMILES string of the molecule is NC[C@H]1OC(O)C(N=C(N)N)[C@@H](O)C1O. The van der Waals surface area contributed by atoms with Crippen molar-refractivity contribution < 1.29 is 20.1 Å². The summed E-state index contributed by atoms with van der Waals surface area (Å²) in [6.07, 6.45) is -4.77. The Hall–Kier alpha value is -0.930. The summed E-state index contributed by atoms with van der Waals surface area (Å²) >= 11 is 0. The highest BCUT2D eigenvalue weighted by Gasteiger charge is 2.43. The zero-order valence-corrected chi connectivity index (χ0v) is 8.02. The van der Waals surface area contributed by atoms with Gasteiger partial charge in [0.2, 0.25) is 0 Å². The average Bonchev–Trinajstić information content (AvgIpc) is 2.18. The number of rotatable bonds is 2. The summed E-state index contributed by atoms with van der Waals surface area (Å²) in [5.74, 6) is -0.305. The zero-order chi connectivity index (χ0) is 11.6. The van der Waals surface area contributed by atoms with E-state index in [0.717, 1.165) is 0 Å². The molecule has 0 radical (unpaired) electrons. The fourth-order valence-electron chi connectivity index (χ4n) is 1.44. The molecule has 0 aromatic carbocycles. The van der Waals surface area contributed by atoms with E-state index in [2.05, 4.69) is 4.99 Å². The van der Waals surface area contributed by atoms with Crippen LogP contribution in [-0.2, 0) is 4.74 Å². The van der Waals surface area contributed by atoms with E-state index in [9.17, 15) is 15.3 Å². The zero-order valence-electron chi connectivity index (χ0n) is 8.02. The molecule has 1 heterocycles. The topological polar surface area (TPSA) is 160 Å². The van der Waals surface area contributed by atoms with Crippen LogP contribution in [-0.4, -0.2) is 58.5 Å². The molecule has 1 aliphatic rings. The standard InChI is InChI=1S/C7H16N4O4/c8-1-2-4(12)5(13)3(6(14)15-2)11-7(9)10/h2-6,12-14H,1,8H2,(H4,9,10,11)/t2-,3?,4?,5-,6?/m1/s1. The quantitative estimate of drug-likeness (QED) is 0.204. The van der Waals surface area contributed by atoms with Crippen molar-refractivity contribution in [2.75, 3.05) is 6.54 Å². The Morgan fingerprint density at radius 3 is 2.27 bits per heavy atom. The molecule has 0 aromatic rings. The van der Waals surface area contributed by atoms with Gasteiger partial charge in [-0.05, 0) is 0 Å². The van der Waals surface area contributed by atoms with Gasteiger partial charge in [0.1, 0.15) is 24.4 Å². The molecule has 1 saturated heterocycles. The summed E-state index contributed by atoms with van der Waals surface area (Å²) in [5.41, 5.74) is 15.5. The van der Waals surface area contributed by atoms with E-state index < -0.39 is 30.6 Å². The Balaban J connectivity index is 2.79. The minimum absolute atomic E-state index is 0.0240. The van der Waals surface area contributed by atoms with Crippen molar-refractivity contribution in [3.05, 3.63) is 0 Å². The van der Waals surface area contributed by atoms with Crippen LogP contribution in [0.5, 0.6) is 0 Å². The van der Waals surface area contributed by atoms with E-state index >= 15 is 0 Å². The highest BCUT2D eigenvalue weighted by molar-refractivity contribution is 5.75. The number of aliphatic hydroxyl groups excluding tert-OH is 3. The van der Waals surface area contributed by atoms with E-state index in [1.807, 2.05) is 0 Å². The van der Waals surface area contributed by atoms with Crippen molar-refractivity contribution in [3.63, 3.8) is 0 Å². The molecule has 8 heteroatoms. The molecule has 0 aliphatic carbocycles. The second-order valence-electron chi connectivity index (χ2n) is 3.33. The number of nitrogens with zero attached hydrogens (tertiary/aromatic N) is 1. The number of nitrogens with two attached hydrogens (primary N) is 3. The number of hydrogen-bond acceptors (Lipinski definition) is 6. The largest absolute Gasteiger partial charge is 0.388 e. The smallest absolute Gasteiger partial charge is 0.186 e. The summed E-state index contributed by atoms with van der Waals surface area (Å²) in [6.45, 7) is -0.0240. The van der Waals surface area contributed by atoms with Crippen LogP contribution >= 0.6 is 0 Å². The first kappa shape index (κ1) is 12.1. The Morgan fingerprint density at radius 1 is 1.20 bits per heavy atom. The summed E-state index contributed by atoms with van der Waals surface area (Å²) < 4.78 is 4.93. The summed E-state index contributed by atoms with van der Waals surface area (Å²) in [6, 6.07) is -1.10. The van der Waals surface area contributed by atoms with Gasteiger partial charge in [0.15, 0.2) is 12.2 Å². The molecule has 5 atom stereocenters. The highest BCUT2D eigenvalue weighted by atomic mass is 16.6. The molecule has 0 bridgehead atoms. The molecule has 0 spiro atoms. The first-order valence-electron chi connectivity index (χ1n) is 4.45. The van der Waals surface area contributed by atoms with Gasteiger partial charge in [-0.3, -0.25) is 0 Å². The lowest BCUT2D eigenvalue weighted by molar-refractivity contribution is -0.238. The van der Waals surface area contributed by atoms with Crippen LogP contribution < -0.4 is 17.2 Å². The molecule has 1 aliphatic heterocycles. The van der Waals surface area contributed by atoms with Gasteiger partial charge in [0.05, 0.1) is 0 Å². The first-order valence-corrected chi connectivity index (χ1v) is 4.45. The van der Waals surface area contributed by atoms with Crippen LogP contribution in [0.15, 0.2) is 4.99 Å². The summed E-state index contributed by atoms with van der Waals surface area (Å²) in [4.78, 5) is 3.56. The van der Waals surface area contributed by atoms with Gasteiger partial charge in [-0.25, -0.2) is 4.99 Å². The molecule has 0 saturated carbocycles. The van der Waals surface area contributed by atoms with Gasteiger partial charge >= 0.3 is 0 Å². The van der Waals surface area contributed by atoms with Gasteiger partial charge in [0.25, 0.3) is 0 Å². The van der Waals surface area contributed by atoms with Crippen LogP contribution in [0.4, 0.5) is 0 Å². The Morgan fingerprint density at radius 2 is 1.80 bits per heavy atom. The molecular formula is C7H16N4O4. The lowest BCUT2D eigenvalue weighted by Gasteiger charge is -2.38. The number of aliphatic imine (C=N–C) groups is 1. The monoisotopic (exact) mass is 220 g/mol. The number of aliphatic hydroxyl groups is 3. The Kier molecular flexibility index (Phi) is 3.83. The third kappa shape index (κ3) is 2.55. The van der Waals surface area contributed by atoms with Crippen LogP contribution in [0, 0.1) is 0 Å². The predicted octanol–water partition coefficient (Wildman–Crippen LogP) is -3.97. The van der Waals surface area contributed by atoms with Crippen LogP contribution in [0.25, 0.3) is 0 Å². The van der Waals surface area contributed by atoms with E-state index in [0.29, 0.717) is 0 Å². The minimum atomic E-state index is -1.39. The highest BCUT2D eigenvalue weighted by Crippen LogP contribution is 2.21. The molecule has 1 rings (SSSR count).